The Kier molecular flexibility index (Phi) is 6.68. The van der Waals surface area contributed by atoms with E-state index in [0.717, 1.165) is 16.6 Å². The molecule has 3 aliphatic rings. The summed E-state index contributed by atoms with van der Waals surface area (Å²) in [7, 11) is -0.475. The zero-order valence-electron chi connectivity index (χ0n) is 28.0. The van der Waals surface area contributed by atoms with E-state index in [4.69, 9.17) is 9.31 Å². The molecule has 2 aliphatic heterocycles. The summed E-state index contributed by atoms with van der Waals surface area (Å²) in [6, 6.07) is 50.2. The largest absolute Gasteiger partial charge is 0.495 e. The topological polar surface area (TPSA) is 42.2 Å². The van der Waals surface area contributed by atoms with Crippen molar-refractivity contribution in [2.45, 2.75) is 54.1 Å². The summed E-state index contributed by atoms with van der Waals surface area (Å²) in [5, 5.41) is 9.24. The van der Waals surface area contributed by atoms with Crippen LogP contribution in [0.1, 0.15) is 55.5 Å². The van der Waals surface area contributed by atoms with Crippen molar-refractivity contribution < 1.29 is 9.31 Å². The molecule has 9 rings (SSSR count). The van der Waals surface area contributed by atoms with Crippen molar-refractivity contribution in [3.63, 3.8) is 0 Å². The third-order valence-electron chi connectivity index (χ3n) is 11.1. The molecule has 0 amide bonds. The average Bonchev–Trinajstić information content (AvgIpc) is 3.54. The maximum atomic E-state index is 9.24. The highest BCUT2D eigenvalue weighted by molar-refractivity contribution is 7.99. The van der Waals surface area contributed by atoms with Crippen molar-refractivity contribution >= 4 is 24.3 Å². The minimum atomic E-state index is -0.513. The third kappa shape index (κ3) is 4.31. The number of nitrogens with zero attached hydrogens (tertiary/aromatic N) is 1. The van der Waals surface area contributed by atoms with E-state index in [2.05, 4.69) is 143 Å². The van der Waals surface area contributed by atoms with Crippen LogP contribution in [0, 0.1) is 11.3 Å². The summed E-state index contributed by atoms with van der Waals surface area (Å²) in [5.74, 6) is 0. The SMILES string of the molecule is CC1(C)OB(c2cccc3c2-c2ccccc2C32c3ccccc3Sc3c(-c4ccc(-c5ccc(C#N)cc5)cc4)cccc32)OC1(C)C. The Morgan fingerprint density at radius 1 is 0.551 bits per heavy atom. The van der Waals surface area contributed by atoms with Crippen LogP contribution in [0.3, 0.4) is 0 Å². The molecule has 3 nitrogen and oxygen atoms in total. The van der Waals surface area contributed by atoms with Crippen LogP contribution in [-0.4, -0.2) is 18.3 Å². The number of hydrogen-bond acceptors (Lipinski definition) is 4. The molecule has 0 aromatic heterocycles. The van der Waals surface area contributed by atoms with E-state index in [1.807, 2.05) is 36.0 Å². The second-order valence-electron chi connectivity index (χ2n) is 14.2. The quantitative estimate of drug-likeness (QED) is 0.178. The van der Waals surface area contributed by atoms with Gasteiger partial charge in [-0.15, -0.1) is 0 Å². The highest BCUT2D eigenvalue weighted by atomic mass is 32.2. The van der Waals surface area contributed by atoms with Crippen LogP contribution in [0.15, 0.2) is 143 Å². The van der Waals surface area contributed by atoms with Gasteiger partial charge in [0.05, 0.1) is 28.2 Å². The van der Waals surface area contributed by atoms with Crippen LogP contribution < -0.4 is 5.46 Å². The second-order valence-corrected chi connectivity index (χ2v) is 15.3. The lowest BCUT2D eigenvalue weighted by Gasteiger charge is -2.40. The molecular formula is C44H34BNO2S. The van der Waals surface area contributed by atoms with Gasteiger partial charge in [-0.1, -0.05) is 127 Å². The van der Waals surface area contributed by atoms with E-state index in [9.17, 15) is 5.26 Å². The molecule has 1 aliphatic carbocycles. The van der Waals surface area contributed by atoms with E-state index in [1.54, 1.807) is 0 Å². The number of nitriles is 1. The molecule has 1 saturated heterocycles. The summed E-state index contributed by atoms with van der Waals surface area (Å²) in [4.78, 5) is 2.54. The maximum absolute atomic E-state index is 9.24. The summed E-state index contributed by atoms with van der Waals surface area (Å²) in [5.41, 5.74) is 12.6. The van der Waals surface area contributed by atoms with Crippen LogP contribution in [0.4, 0.5) is 0 Å². The summed E-state index contributed by atoms with van der Waals surface area (Å²) in [6.45, 7) is 8.48. The van der Waals surface area contributed by atoms with Crippen molar-refractivity contribution in [3.8, 4) is 39.4 Å². The first-order valence-corrected chi connectivity index (χ1v) is 17.7. The van der Waals surface area contributed by atoms with Crippen molar-refractivity contribution in [2.75, 3.05) is 0 Å². The van der Waals surface area contributed by atoms with Gasteiger partial charge in [0, 0.05) is 9.79 Å². The van der Waals surface area contributed by atoms with E-state index in [0.29, 0.717) is 5.56 Å². The molecule has 1 spiro atoms. The zero-order valence-corrected chi connectivity index (χ0v) is 28.8. The fourth-order valence-corrected chi connectivity index (χ4v) is 9.30. The number of fused-ring (bicyclic) bond motifs is 9. The molecule has 1 fully saturated rings. The number of hydrogen-bond donors (Lipinski definition) is 0. The fraction of sp³-hybridized carbons (Fsp3) is 0.159. The molecule has 2 heterocycles. The van der Waals surface area contributed by atoms with Crippen molar-refractivity contribution in [1.82, 2.24) is 0 Å². The van der Waals surface area contributed by atoms with Crippen LogP contribution in [0.25, 0.3) is 33.4 Å². The second kappa shape index (κ2) is 10.8. The summed E-state index contributed by atoms with van der Waals surface area (Å²) >= 11 is 1.87. The molecular weight excluding hydrogens is 617 g/mol. The Labute approximate surface area is 292 Å². The van der Waals surface area contributed by atoms with Crippen molar-refractivity contribution in [1.29, 1.82) is 5.26 Å². The fourth-order valence-electron chi connectivity index (χ4n) is 7.97. The van der Waals surface area contributed by atoms with Crippen LogP contribution in [0.5, 0.6) is 0 Å². The lowest BCUT2D eigenvalue weighted by atomic mass is 9.66. The van der Waals surface area contributed by atoms with Gasteiger partial charge in [-0.2, -0.15) is 5.26 Å². The average molecular weight is 652 g/mol. The smallest absolute Gasteiger partial charge is 0.399 e. The van der Waals surface area contributed by atoms with E-state index in [-0.39, 0.29) is 0 Å². The Morgan fingerprint density at radius 3 is 1.82 bits per heavy atom. The lowest BCUT2D eigenvalue weighted by molar-refractivity contribution is 0.00578. The Hall–Kier alpha value is -4.86. The third-order valence-corrected chi connectivity index (χ3v) is 12.3. The first kappa shape index (κ1) is 30.2. The van der Waals surface area contributed by atoms with Crippen LogP contribution in [-0.2, 0) is 14.7 Å². The predicted octanol–water partition coefficient (Wildman–Crippen LogP) is 10.0. The molecule has 49 heavy (non-hydrogen) atoms. The summed E-state index contributed by atoms with van der Waals surface area (Å²) in [6.07, 6.45) is 0. The first-order valence-electron chi connectivity index (χ1n) is 16.8. The number of benzene rings is 6. The minimum absolute atomic E-state index is 0.443. The predicted molar refractivity (Wildman–Crippen MR) is 199 cm³/mol. The molecule has 6 aromatic rings. The van der Waals surface area contributed by atoms with Gasteiger partial charge in [-0.25, -0.2) is 0 Å². The first-order chi connectivity index (χ1) is 23.7. The maximum Gasteiger partial charge on any atom is 0.495 e. The van der Waals surface area contributed by atoms with Gasteiger partial charge in [0.1, 0.15) is 0 Å². The van der Waals surface area contributed by atoms with E-state index < -0.39 is 23.7 Å². The molecule has 236 valence electrons. The van der Waals surface area contributed by atoms with Gasteiger partial charge in [0.15, 0.2) is 0 Å². The molecule has 1 atom stereocenters. The monoisotopic (exact) mass is 651 g/mol. The van der Waals surface area contributed by atoms with Gasteiger partial charge in [0.25, 0.3) is 0 Å². The molecule has 0 saturated carbocycles. The van der Waals surface area contributed by atoms with Crippen LogP contribution >= 0.6 is 11.8 Å². The molecule has 0 N–H and O–H groups in total. The molecule has 0 radical (unpaired) electrons. The van der Waals surface area contributed by atoms with Gasteiger partial charge >= 0.3 is 7.12 Å². The molecule has 5 heteroatoms. The Bertz CT molecular complexity index is 2320. The lowest BCUT2D eigenvalue weighted by Crippen LogP contribution is -2.41. The Balaban J connectivity index is 1.26. The van der Waals surface area contributed by atoms with Crippen molar-refractivity contribution in [2.24, 2.45) is 0 Å². The normalized spacial score (nSPS) is 19.1. The minimum Gasteiger partial charge on any atom is -0.399 e. The highest BCUT2D eigenvalue weighted by Gasteiger charge is 2.55. The van der Waals surface area contributed by atoms with Gasteiger partial charge in [-0.05, 0) is 107 Å². The molecule has 0 bridgehead atoms. The van der Waals surface area contributed by atoms with Crippen LogP contribution in [0.2, 0.25) is 0 Å². The zero-order chi connectivity index (χ0) is 33.5. The van der Waals surface area contributed by atoms with Crippen molar-refractivity contribution in [3.05, 3.63) is 161 Å². The van der Waals surface area contributed by atoms with Gasteiger partial charge in [0.2, 0.25) is 0 Å². The number of rotatable bonds is 3. The molecule has 1 unspecified atom stereocenters. The summed E-state index contributed by atoms with van der Waals surface area (Å²) < 4.78 is 13.4. The highest BCUT2D eigenvalue weighted by Crippen LogP contribution is 2.63. The van der Waals surface area contributed by atoms with E-state index >= 15 is 0 Å². The Morgan fingerprint density at radius 2 is 1.10 bits per heavy atom. The standard InChI is InChI=1S/C44H34BNO2S/c1-42(2)43(3,4)48-45(47-42)38-17-10-15-36-40(38)33-11-5-6-13-34(33)44(36)35-14-7-8-18-39(35)49-41-32(12-9-16-37(41)44)31-25-23-30(24-26-31)29-21-19-28(27-46)20-22-29/h5-26H,1-4H3. The van der Waals surface area contributed by atoms with Gasteiger partial charge < -0.3 is 9.31 Å². The van der Waals surface area contributed by atoms with E-state index in [1.165, 1.54) is 54.3 Å². The molecule has 6 aromatic carbocycles. The van der Waals surface area contributed by atoms with Gasteiger partial charge in [-0.3, -0.25) is 0 Å².